The average molecular weight is 389 g/mol. The first-order chi connectivity index (χ1) is 12.9. The first kappa shape index (κ1) is 18.7. The van der Waals surface area contributed by atoms with Crippen molar-refractivity contribution in [2.75, 3.05) is 18.1 Å². The molecule has 0 aliphatic carbocycles. The number of anilines is 1. The first-order valence-corrected chi connectivity index (χ1v) is 8.64. The van der Waals surface area contributed by atoms with Gasteiger partial charge in [0.05, 0.1) is 0 Å². The fraction of sp³-hybridized carbons (Fsp3) is 0.211. The Morgan fingerprint density at radius 1 is 1.22 bits per heavy atom. The molecule has 0 spiro atoms. The highest BCUT2D eigenvalue weighted by Crippen LogP contribution is 2.23. The highest BCUT2D eigenvalue weighted by molar-refractivity contribution is 6.30. The molecule has 0 saturated carbocycles. The fourth-order valence-corrected chi connectivity index (χ4v) is 2.93. The zero-order chi connectivity index (χ0) is 19.4. The van der Waals surface area contributed by atoms with Gasteiger partial charge < -0.3 is 20.1 Å². The molecule has 140 valence electrons. The number of nitrogens with zero attached hydrogens (tertiary/aromatic N) is 1. The highest BCUT2D eigenvalue weighted by Gasteiger charge is 2.33. The van der Waals surface area contributed by atoms with Gasteiger partial charge in [0.1, 0.15) is 11.8 Å². The number of carbonyl (C=O) groups is 3. The van der Waals surface area contributed by atoms with Gasteiger partial charge in [-0.05, 0) is 48.9 Å². The summed E-state index contributed by atoms with van der Waals surface area (Å²) >= 11 is 5.87. The van der Waals surface area contributed by atoms with E-state index in [2.05, 4.69) is 5.32 Å². The number of halogens is 1. The van der Waals surface area contributed by atoms with Crippen molar-refractivity contribution in [2.45, 2.75) is 12.5 Å². The molecule has 1 aliphatic rings. The van der Waals surface area contributed by atoms with Gasteiger partial charge in [-0.2, -0.15) is 0 Å². The Kier molecular flexibility index (Phi) is 5.61. The van der Waals surface area contributed by atoms with Crippen LogP contribution in [0.15, 0.2) is 48.5 Å². The maximum atomic E-state index is 12.6. The van der Waals surface area contributed by atoms with E-state index in [1.54, 1.807) is 47.4 Å². The Hall–Kier alpha value is -3.06. The molecule has 8 heteroatoms. The summed E-state index contributed by atoms with van der Waals surface area (Å²) in [5.41, 5.74) is 1.01. The number of benzene rings is 2. The summed E-state index contributed by atoms with van der Waals surface area (Å²) in [6.45, 7) is -0.00455. The lowest BCUT2D eigenvalue weighted by Crippen LogP contribution is -2.41. The summed E-state index contributed by atoms with van der Waals surface area (Å²) in [5.74, 6) is -1.45. The quantitative estimate of drug-likeness (QED) is 0.791. The molecule has 0 bridgehead atoms. The third-order valence-electron chi connectivity index (χ3n) is 4.11. The smallest absolute Gasteiger partial charge is 0.341 e. The van der Waals surface area contributed by atoms with E-state index in [1.165, 1.54) is 6.07 Å². The number of carboxylic acid groups (broad SMARTS) is 1. The van der Waals surface area contributed by atoms with E-state index in [1.807, 2.05) is 0 Å². The van der Waals surface area contributed by atoms with Crippen molar-refractivity contribution >= 4 is 35.1 Å². The third-order valence-corrected chi connectivity index (χ3v) is 4.36. The zero-order valence-electron chi connectivity index (χ0n) is 14.2. The van der Waals surface area contributed by atoms with E-state index >= 15 is 0 Å². The van der Waals surface area contributed by atoms with Gasteiger partial charge in [-0.15, -0.1) is 0 Å². The monoisotopic (exact) mass is 388 g/mol. The Balaban J connectivity index is 1.64. The van der Waals surface area contributed by atoms with Crippen LogP contribution in [0.5, 0.6) is 5.75 Å². The number of amides is 2. The number of aliphatic carboxylic acids is 1. The van der Waals surface area contributed by atoms with E-state index in [4.69, 9.17) is 21.4 Å². The summed E-state index contributed by atoms with van der Waals surface area (Å²) in [6.07, 6.45) is 0.488. The van der Waals surface area contributed by atoms with E-state index in [0.717, 1.165) is 5.69 Å². The van der Waals surface area contributed by atoms with Crippen molar-refractivity contribution < 1.29 is 24.2 Å². The highest BCUT2D eigenvalue weighted by atomic mass is 35.5. The van der Waals surface area contributed by atoms with Crippen LogP contribution in [0.25, 0.3) is 0 Å². The molecule has 2 aromatic rings. The molecule has 1 atom stereocenters. The SMILES string of the molecule is O=C(O)COc1cccc(C(=O)NC2CCN(c3ccc(Cl)cc3)C2=O)c1. The van der Waals surface area contributed by atoms with Crippen molar-refractivity contribution in [3.05, 3.63) is 59.1 Å². The molecule has 27 heavy (non-hydrogen) atoms. The summed E-state index contributed by atoms with van der Waals surface area (Å²) < 4.78 is 5.07. The Morgan fingerprint density at radius 2 is 1.96 bits per heavy atom. The molecular formula is C19H17ClN2O5. The summed E-state index contributed by atoms with van der Waals surface area (Å²) in [5, 5.41) is 12.0. The number of carboxylic acids is 1. The van der Waals surface area contributed by atoms with Crippen LogP contribution in [-0.4, -0.2) is 42.1 Å². The lowest BCUT2D eigenvalue weighted by Gasteiger charge is -2.17. The second kappa shape index (κ2) is 8.09. The Morgan fingerprint density at radius 3 is 2.67 bits per heavy atom. The van der Waals surface area contributed by atoms with Gasteiger partial charge in [0, 0.05) is 22.8 Å². The number of hydrogen-bond donors (Lipinski definition) is 2. The topological polar surface area (TPSA) is 95.9 Å². The molecular weight excluding hydrogens is 372 g/mol. The van der Waals surface area contributed by atoms with Gasteiger partial charge in [0.25, 0.3) is 5.91 Å². The van der Waals surface area contributed by atoms with Crippen LogP contribution >= 0.6 is 11.6 Å². The van der Waals surface area contributed by atoms with Crippen molar-refractivity contribution in [1.82, 2.24) is 5.32 Å². The Labute approximate surface area is 160 Å². The molecule has 1 aliphatic heterocycles. The molecule has 2 N–H and O–H groups in total. The lowest BCUT2D eigenvalue weighted by molar-refractivity contribution is -0.139. The summed E-state index contributed by atoms with van der Waals surface area (Å²) in [4.78, 5) is 37.2. The van der Waals surface area contributed by atoms with E-state index < -0.39 is 24.5 Å². The van der Waals surface area contributed by atoms with Crippen molar-refractivity contribution in [1.29, 1.82) is 0 Å². The average Bonchev–Trinajstić information content (AvgIpc) is 3.01. The number of carbonyl (C=O) groups excluding carboxylic acids is 2. The molecule has 1 unspecified atom stereocenters. The minimum atomic E-state index is -1.11. The normalized spacial score (nSPS) is 16.3. The molecule has 2 amide bonds. The lowest BCUT2D eigenvalue weighted by atomic mass is 10.1. The van der Waals surface area contributed by atoms with Crippen LogP contribution in [0.1, 0.15) is 16.8 Å². The van der Waals surface area contributed by atoms with Crippen LogP contribution in [0.2, 0.25) is 5.02 Å². The predicted molar refractivity (Wildman–Crippen MR) is 99.2 cm³/mol. The van der Waals surface area contributed by atoms with Crippen LogP contribution in [0, 0.1) is 0 Å². The van der Waals surface area contributed by atoms with Gasteiger partial charge >= 0.3 is 5.97 Å². The number of nitrogens with one attached hydrogen (secondary N) is 1. The molecule has 7 nitrogen and oxygen atoms in total. The van der Waals surface area contributed by atoms with Crippen LogP contribution in [0.3, 0.4) is 0 Å². The predicted octanol–water partition coefficient (Wildman–Crippen LogP) is 2.34. The van der Waals surface area contributed by atoms with Gasteiger partial charge in [-0.1, -0.05) is 17.7 Å². The minimum absolute atomic E-state index is 0.191. The number of hydrogen-bond acceptors (Lipinski definition) is 4. The number of ether oxygens (including phenoxy) is 1. The molecule has 1 saturated heterocycles. The standard InChI is InChI=1S/C19H17ClN2O5/c20-13-4-6-14(7-5-13)22-9-8-16(19(22)26)21-18(25)12-2-1-3-15(10-12)27-11-17(23)24/h1-7,10,16H,8-9,11H2,(H,21,25)(H,23,24). The molecule has 2 aromatic carbocycles. The molecule has 1 fully saturated rings. The van der Waals surface area contributed by atoms with Crippen molar-refractivity contribution in [3.63, 3.8) is 0 Å². The fourth-order valence-electron chi connectivity index (χ4n) is 2.81. The van der Waals surface area contributed by atoms with Crippen molar-refractivity contribution in [2.24, 2.45) is 0 Å². The molecule has 0 aromatic heterocycles. The summed E-state index contributed by atoms with van der Waals surface area (Å²) in [6, 6.07) is 12.5. The Bertz CT molecular complexity index is 869. The second-order valence-corrected chi connectivity index (χ2v) is 6.43. The maximum absolute atomic E-state index is 12.6. The van der Waals surface area contributed by atoms with Gasteiger partial charge in [-0.3, -0.25) is 9.59 Å². The summed E-state index contributed by atoms with van der Waals surface area (Å²) in [7, 11) is 0. The largest absolute Gasteiger partial charge is 0.482 e. The van der Waals surface area contributed by atoms with Gasteiger partial charge in [0.15, 0.2) is 6.61 Å². The van der Waals surface area contributed by atoms with Crippen LogP contribution in [0.4, 0.5) is 5.69 Å². The minimum Gasteiger partial charge on any atom is -0.482 e. The van der Waals surface area contributed by atoms with Gasteiger partial charge in [-0.25, -0.2) is 4.79 Å². The van der Waals surface area contributed by atoms with Gasteiger partial charge in [0.2, 0.25) is 5.91 Å². The van der Waals surface area contributed by atoms with E-state index in [-0.39, 0.29) is 17.2 Å². The maximum Gasteiger partial charge on any atom is 0.341 e. The van der Waals surface area contributed by atoms with E-state index in [0.29, 0.717) is 18.0 Å². The first-order valence-electron chi connectivity index (χ1n) is 8.26. The van der Waals surface area contributed by atoms with E-state index in [9.17, 15) is 14.4 Å². The molecule has 3 rings (SSSR count). The zero-order valence-corrected chi connectivity index (χ0v) is 15.0. The third kappa shape index (κ3) is 4.57. The van der Waals surface area contributed by atoms with Crippen LogP contribution in [-0.2, 0) is 9.59 Å². The number of rotatable bonds is 6. The molecule has 1 heterocycles. The molecule has 0 radical (unpaired) electrons. The van der Waals surface area contributed by atoms with Crippen molar-refractivity contribution in [3.8, 4) is 5.75 Å². The van der Waals surface area contributed by atoms with Crippen LogP contribution < -0.4 is 15.0 Å². The second-order valence-electron chi connectivity index (χ2n) is 5.99.